The minimum absolute atomic E-state index is 0.348. The van der Waals surface area contributed by atoms with Gasteiger partial charge in [0, 0.05) is 17.0 Å². The molecule has 0 aliphatic carbocycles. The number of hydrogen-bond donors (Lipinski definition) is 1. The number of nitrogen functional groups attached to an aromatic ring is 1. The van der Waals surface area contributed by atoms with E-state index in [4.69, 9.17) is 10.5 Å². The Labute approximate surface area is 106 Å². The molecule has 2 rings (SSSR count). The molecule has 1 heterocycles. The highest BCUT2D eigenvalue weighted by molar-refractivity contribution is 6.06. The van der Waals surface area contributed by atoms with Crippen molar-refractivity contribution in [2.75, 3.05) is 5.73 Å². The smallest absolute Gasteiger partial charge is 0.339 e. The zero-order valence-corrected chi connectivity index (χ0v) is 10.7. The van der Waals surface area contributed by atoms with Gasteiger partial charge < -0.3 is 10.5 Å². The molecule has 4 heteroatoms. The summed E-state index contributed by atoms with van der Waals surface area (Å²) in [6, 6.07) is 7.12. The van der Waals surface area contributed by atoms with E-state index in [0.29, 0.717) is 11.4 Å². The topological polar surface area (TPSA) is 65.2 Å². The number of hydrogen-bond acceptors (Lipinski definition) is 4. The van der Waals surface area contributed by atoms with Crippen molar-refractivity contribution in [2.45, 2.75) is 26.4 Å². The summed E-state index contributed by atoms with van der Waals surface area (Å²) in [7, 11) is 0. The van der Waals surface area contributed by atoms with Gasteiger partial charge in [-0.3, -0.25) is 0 Å². The highest BCUT2D eigenvalue weighted by Crippen LogP contribution is 2.24. The molecule has 0 aliphatic heterocycles. The van der Waals surface area contributed by atoms with Gasteiger partial charge in [-0.2, -0.15) is 0 Å². The van der Waals surface area contributed by atoms with E-state index in [9.17, 15) is 4.79 Å². The fraction of sp³-hybridized carbons (Fsp3) is 0.286. The lowest BCUT2D eigenvalue weighted by atomic mass is 10.1. The molecule has 2 N–H and O–H groups in total. The minimum Gasteiger partial charge on any atom is -0.456 e. The first kappa shape index (κ1) is 12.4. The van der Waals surface area contributed by atoms with E-state index in [1.807, 2.05) is 26.8 Å². The molecule has 2 aromatic rings. The quantitative estimate of drug-likeness (QED) is 0.783. The van der Waals surface area contributed by atoms with E-state index < -0.39 is 5.60 Å². The number of nitrogens with zero attached hydrogens (tertiary/aromatic N) is 1. The molecule has 0 saturated heterocycles. The van der Waals surface area contributed by atoms with Crippen molar-refractivity contribution in [3.05, 3.63) is 36.0 Å². The fourth-order valence-corrected chi connectivity index (χ4v) is 1.74. The Morgan fingerprint density at radius 2 is 1.94 bits per heavy atom. The number of aromatic nitrogens is 1. The van der Waals surface area contributed by atoms with Crippen LogP contribution in [0.25, 0.3) is 10.8 Å². The zero-order valence-electron chi connectivity index (χ0n) is 10.7. The van der Waals surface area contributed by atoms with Gasteiger partial charge in [-0.1, -0.05) is 12.1 Å². The number of ether oxygens (including phenoxy) is 1. The number of anilines is 1. The van der Waals surface area contributed by atoms with Crippen LogP contribution >= 0.6 is 0 Å². The van der Waals surface area contributed by atoms with Gasteiger partial charge in [0.15, 0.2) is 0 Å². The van der Waals surface area contributed by atoms with Crippen LogP contribution in [-0.4, -0.2) is 16.6 Å². The molecular formula is C14H16N2O2. The van der Waals surface area contributed by atoms with Crippen LogP contribution in [0.2, 0.25) is 0 Å². The van der Waals surface area contributed by atoms with Crippen molar-refractivity contribution in [3.8, 4) is 0 Å². The van der Waals surface area contributed by atoms with Crippen LogP contribution < -0.4 is 5.73 Å². The summed E-state index contributed by atoms with van der Waals surface area (Å²) in [4.78, 5) is 16.1. The van der Waals surface area contributed by atoms with Gasteiger partial charge in [-0.15, -0.1) is 0 Å². The third kappa shape index (κ3) is 2.42. The zero-order chi connectivity index (χ0) is 13.3. The third-order valence-electron chi connectivity index (χ3n) is 2.46. The predicted octanol–water partition coefficient (Wildman–Crippen LogP) is 2.77. The van der Waals surface area contributed by atoms with Gasteiger partial charge in [0.1, 0.15) is 11.4 Å². The molecule has 0 radical (unpaired) electrons. The van der Waals surface area contributed by atoms with Crippen molar-refractivity contribution >= 4 is 22.6 Å². The van der Waals surface area contributed by atoms with Gasteiger partial charge in [0.2, 0.25) is 0 Å². The van der Waals surface area contributed by atoms with Gasteiger partial charge in [-0.05, 0) is 32.9 Å². The van der Waals surface area contributed by atoms with Crippen LogP contribution in [0.5, 0.6) is 0 Å². The van der Waals surface area contributed by atoms with Crippen LogP contribution in [0, 0.1) is 0 Å². The molecule has 0 aliphatic rings. The second kappa shape index (κ2) is 4.29. The van der Waals surface area contributed by atoms with Crippen LogP contribution in [0.3, 0.4) is 0 Å². The Bertz CT molecular complexity index is 600. The lowest BCUT2D eigenvalue weighted by Crippen LogP contribution is -2.24. The summed E-state index contributed by atoms with van der Waals surface area (Å²) in [6.45, 7) is 5.52. The summed E-state index contributed by atoms with van der Waals surface area (Å²) in [5.74, 6) is 0.0663. The van der Waals surface area contributed by atoms with E-state index in [1.165, 1.54) is 0 Å². The van der Waals surface area contributed by atoms with E-state index in [1.54, 1.807) is 24.4 Å². The molecule has 1 aromatic carbocycles. The van der Waals surface area contributed by atoms with Gasteiger partial charge in [0.25, 0.3) is 0 Å². The second-order valence-corrected chi connectivity index (χ2v) is 5.10. The highest BCUT2D eigenvalue weighted by atomic mass is 16.6. The third-order valence-corrected chi connectivity index (χ3v) is 2.46. The average molecular weight is 244 g/mol. The summed E-state index contributed by atoms with van der Waals surface area (Å²) in [5.41, 5.74) is 5.78. The first-order chi connectivity index (χ1) is 8.38. The lowest BCUT2D eigenvalue weighted by Gasteiger charge is -2.20. The number of nitrogens with two attached hydrogens (primary N) is 1. The molecule has 0 fully saturated rings. The van der Waals surface area contributed by atoms with Crippen molar-refractivity contribution < 1.29 is 9.53 Å². The van der Waals surface area contributed by atoms with Gasteiger partial charge in [0.05, 0.1) is 5.56 Å². The molecule has 18 heavy (non-hydrogen) atoms. The standard InChI is InChI=1S/C14H16N2O2/c1-14(2,3)18-13(17)11-6-4-5-10-9(11)7-8-16-12(10)15/h4-8H,1-3H3,(H2,15,16). The predicted molar refractivity (Wildman–Crippen MR) is 71.3 cm³/mol. The monoisotopic (exact) mass is 244 g/mol. The molecule has 0 spiro atoms. The lowest BCUT2D eigenvalue weighted by molar-refractivity contribution is 0.00719. The van der Waals surface area contributed by atoms with E-state index in [2.05, 4.69) is 4.98 Å². The number of rotatable bonds is 1. The average Bonchev–Trinajstić information content (AvgIpc) is 2.26. The van der Waals surface area contributed by atoms with E-state index in [0.717, 1.165) is 10.8 Å². The number of esters is 1. The van der Waals surface area contributed by atoms with Crippen molar-refractivity contribution in [3.63, 3.8) is 0 Å². The summed E-state index contributed by atoms with van der Waals surface area (Å²) in [5, 5.41) is 1.53. The Hall–Kier alpha value is -2.10. The maximum atomic E-state index is 12.1. The maximum Gasteiger partial charge on any atom is 0.339 e. The number of carbonyl (C=O) groups is 1. The second-order valence-electron chi connectivity index (χ2n) is 5.10. The minimum atomic E-state index is -0.516. The number of fused-ring (bicyclic) bond motifs is 1. The van der Waals surface area contributed by atoms with Crippen LogP contribution in [-0.2, 0) is 4.74 Å². The molecule has 0 saturated carbocycles. The molecular weight excluding hydrogens is 228 g/mol. The number of carbonyl (C=O) groups excluding carboxylic acids is 1. The summed E-state index contributed by atoms with van der Waals surface area (Å²) >= 11 is 0. The van der Waals surface area contributed by atoms with Crippen LogP contribution in [0.1, 0.15) is 31.1 Å². The van der Waals surface area contributed by atoms with E-state index >= 15 is 0 Å². The molecule has 0 atom stereocenters. The van der Waals surface area contributed by atoms with Gasteiger partial charge >= 0.3 is 5.97 Å². The molecule has 1 aromatic heterocycles. The normalized spacial score (nSPS) is 11.5. The van der Waals surface area contributed by atoms with E-state index in [-0.39, 0.29) is 5.97 Å². The fourth-order valence-electron chi connectivity index (χ4n) is 1.74. The molecule has 0 bridgehead atoms. The molecule has 94 valence electrons. The molecule has 0 unspecified atom stereocenters. The van der Waals surface area contributed by atoms with Crippen molar-refractivity contribution in [2.24, 2.45) is 0 Å². The molecule has 4 nitrogen and oxygen atoms in total. The number of pyridine rings is 1. The Morgan fingerprint density at radius 1 is 1.22 bits per heavy atom. The first-order valence-electron chi connectivity index (χ1n) is 5.75. The Balaban J connectivity index is 2.52. The Kier molecular flexibility index (Phi) is 2.95. The van der Waals surface area contributed by atoms with Gasteiger partial charge in [-0.25, -0.2) is 9.78 Å². The maximum absolute atomic E-state index is 12.1. The van der Waals surface area contributed by atoms with Crippen LogP contribution in [0.15, 0.2) is 30.5 Å². The number of benzene rings is 1. The molecule has 0 amide bonds. The Morgan fingerprint density at radius 3 is 2.61 bits per heavy atom. The highest BCUT2D eigenvalue weighted by Gasteiger charge is 2.19. The summed E-state index contributed by atoms with van der Waals surface area (Å²) in [6.07, 6.45) is 1.59. The first-order valence-corrected chi connectivity index (χ1v) is 5.75. The SMILES string of the molecule is CC(C)(C)OC(=O)c1cccc2c(N)nccc12. The largest absolute Gasteiger partial charge is 0.456 e. The summed E-state index contributed by atoms with van der Waals surface area (Å²) < 4.78 is 5.37. The van der Waals surface area contributed by atoms with Crippen molar-refractivity contribution in [1.29, 1.82) is 0 Å². The van der Waals surface area contributed by atoms with Crippen molar-refractivity contribution in [1.82, 2.24) is 4.98 Å². The van der Waals surface area contributed by atoms with Crippen LogP contribution in [0.4, 0.5) is 5.82 Å².